The minimum Gasteiger partial charge on any atom is -0.0803 e. The summed E-state index contributed by atoms with van der Waals surface area (Å²) in [6, 6.07) is 0. The maximum absolute atomic E-state index is 2.53. The van der Waals surface area contributed by atoms with Crippen molar-refractivity contribution >= 4 is 67.8 Å². The molecule has 1 aliphatic carbocycles. The van der Waals surface area contributed by atoms with Crippen molar-refractivity contribution in [3.63, 3.8) is 0 Å². The van der Waals surface area contributed by atoms with Gasteiger partial charge in [-0.2, -0.15) is 0 Å². The van der Waals surface area contributed by atoms with E-state index in [1.54, 1.807) is 0 Å². The van der Waals surface area contributed by atoms with Crippen LogP contribution in [0.4, 0.5) is 0 Å². The summed E-state index contributed by atoms with van der Waals surface area (Å²) in [6.45, 7) is 0. The first kappa shape index (κ1) is 7.30. The van der Waals surface area contributed by atoms with E-state index < -0.39 is 0 Å². The van der Waals surface area contributed by atoms with E-state index in [1.807, 2.05) is 0 Å². The van der Waals surface area contributed by atoms with Crippen molar-refractivity contribution in [3.8, 4) is 0 Å². The molecule has 1 atom stereocenters. The highest BCUT2D eigenvalue weighted by Crippen LogP contribution is 2.50. The Morgan fingerprint density at radius 2 is 1.86 bits per heavy atom. The summed E-state index contributed by atoms with van der Waals surface area (Å²) in [5.41, 5.74) is 0. The minimum absolute atomic E-state index is 0.607. The quantitative estimate of drug-likeness (QED) is 0.407. The standard InChI is InChI=1S/C4H5I3/c5-3-1-2-4(3,6)7/h3H,1-2H2. The zero-order valence-electron chi connectivity index (χ0n) is 3.63. The SMILES string of the molecule is IC1CCC1(I)I. The molecular weight excluding hydrogens is 429 g/mol. The fourth-order valence-corrected chi connectivity index (χ4v) is 2.34. The molecule has 0 saturated heterocycles. The normalized spacial score (nSPS) is 37.3. The third kappa shape index (κ3) is 1.56. The third-order valence-electron chi connectivity index (χ3n) is 1.19. The molecule has 3 heteroatoms. The van der Waals surface area contributed by atoms with Gasteiger partial charge in [0.15, 0.2) is 0 Å². The van der Waals surface area contributed by atoms with Gasteiger partial charge in [0.25, 0.3) is 0 Å². The molecule has 0 N–H and O–H groups in total. The van der Waals surface area contributed by atoms with Gasteiger partial charge >= 0.3 is 0 Å². The van der Waals surface area contributed by atoms with Crippen LogP contribution in [-0.2, 0) is 0 Å². The monoisotopic (exact) mass is 434 g/mol. The third-order valence-corrected chi connectivity index (χ3v) is 7.84. The Morgan fingerprint density at radius 3 is 1.86 bits per heavy atom. The van der Waals surface area contributed by atoms with Crippen LogP contribution in [0.1, 0.15) is 12.8 Å². The van der Waals surface area contributed by atoms with Crippen LogP contribution >= 0.6 is 67.8 Å². The van der Waals surface area contributed by atoms with Crippen LogP contribution in [0.5, 0.6) is 0 Å². The van der Waals surface area contributed by atoms with Gasteiger partial charge in [-0.3, -0.25) is 0 Å². The Morgan fingerprint density at radius 1 is 1.43 bits per heavy atom. The predicted molar refractivity (Wildman–Crippen MR) is 57.8 cm³/mol. The Kier molecular flexibility index (Phi) is 2.54. The topological polar surface area (TPSA) is 0 Å². The zero-order valence-corrected chi connectivity index (χ0v) is 10.1. The van der Waals surface area contributed by atoms with E-state index in [9.17, 15) is 0 Å². The summed E-state index contributed by atoms with van der Waals surface area (Å²) >= 11 is 7.59. The molecule has 0 nitrogen and oxygen atoms in total. The molecule has 0 aliphatic heterocycles. The lowest BCUT2D eigenvalue weighted by molar-refractivity contribution is 0.560. The van der Waals surface area contributed by atoms with Crippen molar-refractivity contribution in [1.29, 1.82) is 0 Å². The van der Waals surface area contributed by atoms with Gasteiger partial charge in [-0.1, -0.05) is 67.8 Å². The number of halogens is 3. The Balaban J connectivity index is 2.43. The number of hydrogen-bond donors (Lipinski definition) is 0. The van der Waals surface area contributed by atoms with Gasteiger partial charge < -0.3 is 0 Å². The van der Waals surface area contributed by atoms with Gasteiger partial charge in [0, 0.05) is 3.92 Å². The lowest BCUT2D eigenvalue weighted by Gasteiger charge is -2.36. The maximum Gasteiger partial charge on any atom is 0.0851 e. The molecule has 1 saturated carbocycles. The summed E-state index contributed by atoms with van der Waals surface area (Å²) in [5.74, 6) is 0. The molecular formula is C4H5I3. The van der Waals surface area contributed by atoms with E-state index in [4.69, 9.17) is 0 Å². The van der Waals surface area contributed by atoms with Crippen LogP contribution in [0.15, 0.2) is 0 Å². The summed E-state index contributed by atoms with van der Waals surface area (Å²) in [4.78, 5) is 0. The van der Waals surface area contributed by atoms with Crippen LogP contribution < -0.4 is 0 Å². The second-order valence-corrected chi connectivity index (χ2v) is 9.18. The largest absolute Gasteiger partial charge is 0.0851 e. The molecule has 1 rings (SSSR count). The first-order valence-electron chi connectivity index (χ1n) is 2.15. The highest BCUT2D eigenvalue weighted by atomic mass is 127. The van der Waals surface area contributed by atoms with E-state index in [1.165, 1.54) is 12.8 Å². The van der Waals surface area contributed by atoms with Gasteiger partial charge in [0.2, 0.25) is 0 Å². The second kappa shape index (κ2) is 2.43. The van der Waals surface area contributed by atoms with Crippen LogP contribution in [0.25, 0.3) is 0 Å². The molecule has 1 fully saturated rings. The molecule has 0 spiro atoms. The molecule has 1 aliphatic rings. The predicted octanol–water partition coefficient (Wildman–Crippen LogP) is 3.15. The average molecular weight is 434 g/mol. The van der Waals surface area contributed by atoms with E-state index >= 15 is 0 Å². The highest BCUT2D eigenvalue weighted by Gasteiger charge is 2.40. The van der Waals surface area contributed by atoms with Crippen molar-refractivity contribution in [1.82, 2.24) is 0 Å². The van der Waals surface area contributed by atoms with E-state index in [-0.39, 0.29) is 0 Å². The smallest absolute Gasteiger partial charge is 0.0803 e. The highest BCUT2D eigenvalue weighted by molar-refractivity contribution is 14.2. The Hall–Kier alpha value is 2.19. The van der Waals surface area contributed by atoms with Crippen molar-refractivity contribution in [3.05, 3.63) is 0 Å². The van der Waals surface area contributed by atoms with E-state index in [0.717, 1.165) is 3.92 Å². The van der Waals surface area contributed by atoms with Crippen LogP contribution in [0, 0.1) is 0 Å². The average Bonchev–Trinajstić information content (AvgIpc) is 1.63. The molecule has 1 unspecified atom stereocenters. The van der Waals surface area contributed by atoms with Crippen molar-refractivity contribution < 1.29 is 0 Å². The molecule has 0 radical (unpaired) electrons. The van der Waals surface area contributed by atoms with Crippen LogP contribution in [-0.4, -0.2) is 5.35 Å². The van der Waals surface area contributed by atoms with Crippen molar-refractivity contribution in [2.24, 2.45) is 0 Å². The van der Waals surface area contributed by atoms with Crippen LogP contribution in [0.3, 0.4) is 0 Å². The molecule has 0 aromatic carbocycles. The molecule has 0 aromatic rings. The number of rotatable bonds is 0. The fraction of sp³-hybridized carbons (Fsp3) is 1.00. The van der Waals surface area contributed by atoms with Gasteiger partial charge in [-0.05, 0) is 12.8 Å². The van der Waals surface area contributed by atoms with Gasteiger partial charge in [-0.25, -0.2) is 0 Å². The van der Waals surface area contributed by atoms with Gasteiger partial charge in [-0.15, -0.1) is 0 Å². The molecule has 42 valence electrons. The minimum atomic E-state index is 0.607. The van der Waals surface area contributed by atoms with E-state index in [2.05, 4.69) is 67.8 Å². The molecule has 0 amide bonds. The number of hydrogen-bond acceptors (Lipinski definition) is 0. The fourth-order valence-electron chi connectivity index (χ4n) is 0.472. The van der Waals surface area contributed by atoms with Crippen molar-refractivity contribution in [2.45, 2.75) is 18.2 Å². The Labute approximate surface area is 84.6 Å². The van der Waals surface area contributed by atoms with Gasteiger partial charge in [0.05, 0.1) is 1.43 Å². The van der Waals surface area contributed by atoms with E-state index in [0.29, 0.717) is 1.43 Å². The van der Waals surface area contributed by atoms with Gasteiger partial charge in [0.1, 0.15) is 0 Å². The summed E-state index contributed by atoms with van der Waals surface area (Å²) < 4.78 is 1.53. The number of alkyl halides is 3. The molecule has 0 heterocycles. The lowest BCUT2D eigenvalue weighted by atomic mass is 10.0. The van der Waals surface area contributed by atoms with Crippen molar-refractivity contribution in [2.75, 3.05) is 0 Å². The molecule has 0 bridgehead atoms. The first-order valence-corrected chi connectivity index (χ1v) is 5.55. The Bertz CT molecular complexity index is 79.0. The summed E-state index contributed by atoms with van der Waals surface area (Å²) in [5, 5.41) is 0. The molecule has 0 aromatic heterocycles. The second-order valence-electron chi connectivity index (χ2n) is 1.77. The lowest BCUT2D eigenvalue weighted by Crippen LogP contribution is -2.35. The van der Waals surface area contributed by atoms with Crippen LogP contribution in [0.2, 0.25) is 0 Å². The maximum atomic E-state index is 2.53. The summed E-state index contributed by atoms with van der Waals surface area (Å²) in [7, 11) is 0. The zero-order chi connectivity index (χ0) is 5.49. The molecule has 7 heavy (non-hydrogen) atoms. The first-order chi connectivity index (χ1) is 3.13. The summed E-state index contributed by atoms with van der Waals surface area (Å²) in [6.07, 6.45) is 2.83.